The summed E-state index contributed by atoms with van der Waals surface area (Å²) in [6.07, 6.45) is 3.45. The topological polar surface area (TPSA) is 45.0 Å². The van der Waals surface area contributed by atoms with E-state index in [0.29, 0.717) is 24.6 Å². The fourth-order valence-corrected chi connectivity index (χ4v) is 3.38. The van der Waals surface area contributed by atoms with Crippen LogP contribution in [0.15, 0.2) is 36.0 Å². The van der Waals surface area contributed by atoms with Crippen LogP contribution in [-0.2, 0) is 9.47 Å². The molecule has 1 aliphatic carbocycles. The normalized spacial score (nSPS) is 21.4. The van der Waals surface area contributed by atoms with Crippen molar-refractivity contribution in [2.24, 2.45) is 5.92 Å². The van der Waals surface area contributed by atoms with Crippen LogP contribution in [0.2, 0.25) is 0 Å². The van der Waals surface area contributed by atoms with Crippen molar-refractivity contribution in [2.75, 3.05) is 39.5 Å². The number of alkyl halides is 2. The summed E-state index contributed by atoms with van der Waals surface area (Å²) in [4.78, 5) is 2.38. The Hall–Kier alpha value is -1.23. The van der Waals surface area contributed by atoms with Crippen LogP contribution in [0.1, 0.15) is 33.6 Å². The summed E-state index contributed by atoms with van der Waals surface area (Å²) in [5.74, 6) is 0.648. The molecule has 32 heavy (non-hydrogen) atoms. The molecule has 1 aromatic rings. The fourth-order valence-electron chi connectivity index (χ4n) is 3.38. The standard InChI is InChI=1S/C22H30F2N2O3.C2H5.Li/c1-17(25-19-5-7-20(8-6-19)29-22(2,23)24)3-4-18-15-21(16-18)28-14-11-26-9-12-27-13-10-26;1-2;/h3-8,18,21H,9-16H2,1-2H3;1H2,2H3;/q-2;-1;+1/b17-3-;;. The maximum atomic E-state index is 12.8. The molecule has 1 heterocycles. The first kappa shape index (κ1) is 28.8. The van der Waals surface area contributed by atoms with Gasteiger partial charge in [0.15, 0.2) is 0 Å². The van der Waals surface area contributed by atoms with E-state index in [0.717, 1.165) is 58.0 Å². The number of hydrogen-bond acceptors (Lipinski definition) is 4. The van der Waals surface area contributed by atoms with Crippen LogP contribution in [0, 0.1) is 19.3 Å². The van der Waals surface area contributed by atoms with Gasteiger partial charge in [-0.05, 0) is 25.0 Å². The second-order valence-electron chi connectivity index (χ2n) is 7.69. The van der Waals surface area contributed by atoms with E-state index in [9.17, 15) is 8.78 Å². The molecule has 2 aliphatic rings. The molecule has 2 fully saturated rings. The van der Waals surface area contributed by atoms with E-state index in [1.807, 2.05) is 13.0 Å². The van der Waals surface area contributed by atoms with E-state index < -0.39 is 6.11 Å². The third-order valence-electron chi connectivity index (χ3n) is 5.04. The maximum absolute atomic E-state index is 12.8. The molecule has 1 saturated carbocycles. The molecule has 3 rings (SSSR count). The van der Waals surface area contributed by atoms with Crippen LogP contribution in [0.3, 0.4) is 0 Å². The first-order valence-corrected chi connectivity index (χ1v) is 10.9. The van der Waals surface area contributed by atoms with E-state index in [2.05, 4.69) is 28.3 Å². The van der Waals surface area contributed by atoms with Crippen molar-refractivity contribution in [1.29, 1.82) is 0 Å². The predicted molar refractivity (Wildman–Crippen MR) is 120 cm³/mol. The molecule has 176 valence electrons. The van der Waals surface area contributed by atoms with Crippen molar-refractivity contribution >= 4 is 5.69 Å². The van der Waals surface area contributed by atoms with Crippen molar-refractivity contribution in [3.63, 3.8) is 0 Å². The minimum absolute atomic E-state index is 0. The molecule has 0 atom stereocenters. The van der Waals surface area contributed by atoms with Crippen LogP contribution in [0.25, 0.3) is 5.32 Å². The van der Waals surface area contributed by atoms with E-state index >= 15 is 0 Å². The van der Waals surface area contributed by atoms with Gasteiger partial charge in [-0.1, -0.05) is 18.1 Å². The Morgan fingerprint density at radius 2 is 1.88 bits per heavy atom. The minimum Gasteiger partial charge on any atom is -0.746 e. The SMILES string of the molecule is C/C(=C/[CH-]C1CC(OCCN2CCOCC2)C1)[N-]c1ccc(OC(C)(F)F)cc1.[CH2-]C.[Li+]. The third-order valence-corrected chi connectivity index (χ3v) is 5.04. The van der Waals surface area contributed by atoms with Gasteiger partial charge >= 0.3 is 25.0 Å². The molecule has 0 unspecified atom stereocenters. The second-order valence-corrected chi connectivity index (χ2v) is 7.69. The number of halogens is 2. The Balaban J connectivity index is 0.00000166. The number of ether oxygens (including phenoxy) is 3. The smallest absolute Gasteiger partial charge is 0.746 e. The minimum atomic E-state index is -3.18. The van der Waals surface area contributed by atoms with Crippen molar-refractivity contribution in [3.05, 3.63) is 54.7 Å². The largest absolute Gasteiger partial charge is 1.00 e. The molecule has 1 aliphatic heterocycles. The van der Waals surface area contributed by atoms with Gasteiger partial charge in [-0.15, -0.1) is 6.92 Å². The number of rotatable bonds is 10. The monoisotopic (exact) mass is 444 g/mol. The van der Waals surface area contributed by atoms with Crippen molar-refractivity contribution < 1.29 is 41.9 Å². The van der Waals surface area contributed by atoms with Crippen molar-refractivity contribution in [3.8, 4) is 5.75 Å². The molecule has 1 saturated heterocycles. The van der Waals surface area contributed by atoms with Crippen molar-refractivity contribution in [1.82, 2.24) is 4.90 Å². The molecule has 0 radical (unpaired) electrons. The Labute approximate surface area is 204 Å². The molecule has 0 amide bonds. The maximum Gasteiger partial charge on any atom is 1.00 e. The summed E-state index contributed by atoms with van der Waals surface area (Å²) in [7, 11) is 0. The Morgan fingerprint density at radius 1 is 1.25 bits per heavy atom. The average Bonchev–Trinajstić information content (AvgIpc) is 2.71. The number of morpholine rings is 1. The van der Waals surface area contributed by atoms with Gasteiger partial charge in [-0.25, -0.2) is 12.5 Å². The summed E-state index contributed by atoms with van der Waals surface area (Å²) >= 11 is 0. The Morgan fingerprint density at radius 3 is 2.47 bits per heavy atom. The molecular formula is C24H35F2LiN2O3-2. The third kappa shape index (κ3) is 11.1. The average molecular weight is 444 g/mol. The van der Waals surface area contributed by atoms with Gasteiger partial charge in [0.25, 0.3) is 0 Å². The quantitative estimate of drug-likeness (QED) is 0.411. The first-order chi connectivity index (χ1) is 14.9. The second kappa shape index (κ2) is 14.8. The molecule has 5 nitrogen and oxygen atoms in total. The van der Waals surface area contributed by atoms with E-state index in [1.165, 1.54) is 12.1 Å². The predicted octanol–water partition coefficient (Wildman–Crippen LogP) is 2.76. The molecular weight excluding hydrogens is 409 g/mol. The number of hydrogen-bond donors (Lipinski definition) is 0. The van der Waals surface area contributed by atoms with Gasteiger partial charge in [0, 0.05) is 26.6 Å². The molecule has 8 heteroatoms. The zero-order valence-electron chi connectivity index (χ0n) is 19.9. The zero-order valence-corrected chi connectivity index (χ0v) is 19.9. The number of allylic oxidation sites excluding steroid dienone is 2. The Bertz CT molecular complexity index is 656. The van der Waals surface area contributed by atoms with Crippen LogP contribution in [0.4, 0.5) is 14.5 Å². The molecule has 0 bridgehead atoms. The number of nitrogens with zero attached hydrogens (tertiary/aromatic N) is 2. The van der Waals surface area contributed by atoms with Gasteiger partial charge < -0.3 is 32.1 Å². The van der Waals surface area contributed by atoms with Gasteiger partial charge in [0.05, 0.1) is 25.9 Å². The molecule has 0 spiro atoms. The van der Waals surface area contributed by atoms with Gasteiger partial charge in [0.2, 0.25) is 0 Å². The first-order valence-electron chi connectivity index (χ1n) is 10.9. The number of benzene rings is 1. The van der Waals surface area contributed by atoms with Crippen LogP contribution >= 0.6 is 0 Å². The summed E-state index contributed by atoms with van der Waals surface area (Å²) < 4.78 is 41.5. The van der Waals surface area contributed by atoms with Crippen LogP contribution in [0.5, 0.6) is 5.75 Å². The summed E-state index contributed by atoms with van der Waals surface area (Å²) in [6, 6.07) is 6.33. The molecule has 1 aromatic carbocycles. The molecule has 0 aromatic heterocycles. The Kier molecular flexibility index (Phi) is 13.3. The summed E-state index contributed by atoms with van der Waals surface area (Å²) in [6.45, 7) is 13.0. The van der Waals surface area contributed by atoms with Gasteiger partial charge in [-0.2, -0.15) is 21.4 Å². The zero-order chi connectivity index (χ0) is 22.7. The van der Waals surface area contributed by atoms with E-state index in [1.54, 1.807) is 19.1 Å². The van der Waals surface area contributed by atoms with Crippen molar-refractivity contribution in [2.45, 2.75) is 45.8 Å². The van der Waals surface area contributed by atoms with Crippen LogP contribution < -0.4 is 23.6 Å². The van der Waals surface area contributed by atoms with E-state index in [4.69, 9.17) is 9.47 Å². The van der Waals surface area contributed by atoms with Gasteiger partial charge in [-0.3, -0.25) is 4.90 Å². The van der Waals surface area contributed by atoms with Crippen LogP contribution in [-0.4, -0.2) is 56.6 Å². The fraction of sp³-hybridized carbons (Fsp3) is 0.583. The van der Waals surface area contributed by atoms with E-state index in [-0.39, 0.29) is 24.6 Å². The summed E-state index contributed by atoms with van der Waals surface area (Å²) in [5, 5.41) is 4.49. The molecule has 0 N–H and O–H groups in total. The summed E-state index contributed by atoms with van der Waals surface area (Å²) in [5.41, 5.74) is 1.58. The van der Waals surface area contributed by atoms with Gasteiger partial charge in [0.1, 0.15) is 5.75 Å².